The summed E-state index contributed by atoms with van der Waals surface area (Å²) in [6, 6.07) is 16.3. The van der Waals surface area contributed by atoms with Crippen LogP contribution in [0, 0.1) is 0 Å². The molecular weight excluding hydrogens is 382 g/mol. The Bertz CT molecular complexity index is 839. The Morgan fingerprint density at radius 1 is 1.03 bits per heavy atom. The number of hydrogen-bond acceptors (Lipinski definition) is 5. The Balaban J connectivity index is 0.000000377. The number of carbonyl (C=O) groups is 2. The molecule has 2 fully saturated rings. The minimum Gasteiger partial charge on any atom is -0.539 e. The minimum atomic E-state index is -2.07. The fraction of sp³-hybridized carbons (Fsp3) is 0.478. The van der Waals surface area contributed by atoms with Crippen molar-refractivity contribution in [2.45, 2.75) is 25.4 Å². The van der Waals surface area contributed by atoms with Gasteiger partial charge in [-0.25, -0.2) is 4.79 Å². The number of hydrogen-bond donors (Lipinski definition) is 2. The second-order valence-electron chi connectivity index (χ2n) is 8.23. The van der Waals surface area contributed by atoms with Crippen LogP contribution in [-0.2, 0) is 16.1 Å². The van der Waals surface area contributed by atoms with Crippen molar-refractivity contribution in [3.63, 3.8) is 0 Å². The predicted molar refractivity (Wildman–Crippen MR) is 113 cm³/mol. The first-order valence-corrected chi connectivity index (χ1v) is 10.6. The number of carbonyl (C=O) groups excluding carboxylic acids is 1. The molecule has 162 valence electrons. The van der Waals surface area contributed by atoms with Gasteiger partial charge in [-0.2, -0.15) is 0 Å². The van der Waals surface area contributed by atoms with E-state index in [0.29, 0.717) is 0 Å². The van der Waals surface area contributed by atoms with Gasteiger partial charge in [-0.1, -0.05) is 42.5 Å². The molecule has 4 rings (SSSR count). The molecule has 2 aromatic rings. The van der Waals surface area contributed by atoms with E-state index in [4.69, 9.17) is 19.8 Å². The number of rotatable bonds is 3. The van der Waals surface area contributed by atoms with E-state index in [-0.39, 0.29) is 0 Å². The zero-order valence-corrected chi connectivity index (χ0v) is 17.5. The fourth-order valence-corrected chi connectivity index (χ4v) is 4.38. The zero-order chi connectivity index (χ0) is 21.5. The van der Waals surface area contributed by atoms with Crippen LogP contribution >= 0.6 is 0 Å². The van der Waals surface area contributed by atoms with E-state index in [0.717, 1.165) is 12.6 Å². The molecule has 0 atom stereocenters. The summed E-state index contributed by atoms with van der Waals surface area (Å²) < 4.78 is 0. The lowest BCUT2D eigenvalue weighted by Gasteiger charge is -2.41. The van der Waals surface area contributed by atoms with Crippen LogP contribution in [0.2, 0.25) is 0 Å². The van der Waals surface area contributed by atoms with Gasteiger partial charge in [0.05, 0.1) is 20.1 Å². The SMILES string of the molecule is C[NH+]1CCN(C2CCN(Cc3cccc4ccccc34)CC2)CC1.O=C([O-])C(=O)O. The smallest absolute Gasteiger partial charge is 0.351 e. The molecule has 2 heterocycles. The van der Waals surface area contributed by atoms with E-state index in [1.807, 2.05) is 0 Å². The highest BCUT2D eigenvalue weighted by Crippen LogP contribution is 2.23. The third-order valence-corrected chi connectivity index (χ3v) is 6.17. The molecule has 0 saturated carbocycles. The Morgan fingerprint density at radius 3 is 2.27 bits per heavy atom. The zero-order valence-electron chi connectivity index (χ0n) is 17.5. The van der Waals surface area contributed by atoms with Gasteiger partial charge in [0.25, 0.3) is 0 Å². The largest absolute Gasteiger partial charge is 0.539 e. The lowest BCUT2D eigenvalue weighted by molar-refractivity contribution is -0.884. The molecule has 7 heteroatoms. The maximum absolute atomic E-state index is 9.04. The van der Waals surface area contributed by atoms with Crippen molar-refractivity contribution in [3.05, 3.63) is 48.0 Å². The topological polar surface area (TPSA) is 88.4 Å². The summed E-state index contributed by atoms with van der Waals surface area (Å²) in [5.41, 5.74) is 1.48. The Hall–Kier alpha value is -2.48. The third-order valence-electron chi connectivity index (χ3n) is 6.17. The molecule has 30 heavy (non-hydrogen) atoms. The molecule has 7 nitrogen and oxygen atoms in total. The number of carboxylic acids is 2. The summed E-state index contributed by atoms with van der Waals surface area (Å²) in [6.07, 6.45) is 2.67. The molecule has 0 spiro atoms. The van der Waals surface area contributed by atoms with Crippen molar-refractivity contribution in [2.24, 2.45) is 0 Å². The molecule has 0 aromatic heterocycles. The van der Waals surface area contributed by atoms with Crippen molar-refractivity contribution in [1.29, 1.82) is 0 Å². The van der Waals surface area contributed by atoms with Gasteiger partial charge in [0.15, 0.2) is 5.97 Å². The van der Waals surface area contributed by atoms with Gasteiger partial charge in [0.2, 0.25) is 0 Å². The number of carboxylic acid groups (broad SMARTS) is 2. The van der Waals surface area contributed by atoms with Crippen molar-refractivity contribution in [2.75, 3.05) is 46.3 Å². The summed E-state index contributed by atoms with van der Waals surface area (Å²) in [7, 11) is 2.32. The molecule has 2 aromatic carbocycles. The van der Waals surface area contributed by atoms with Crippen molar-refractivity contribution in [1.82, 2.24) is 9.80 Å². The number of aliphatic carboxylic acids is 2. The second-order valence-corrected chi connectivity index (χ2v) is 8.23. The summed E-state index contributed by atoms with van der Waals surface area (Å²) in [4.78, 5) is 25.1. The molecule has 0 radical (unpaired) electrons. The Kier molecular flexibility index (Phi) is 7.79. The molecule has 2 aliphatic heterocycles. The maximum atomic E-state index is 9.04. The molecule has 2 aliphatic rings. The van der Waals surface area contributed by atoms with Gasteiger partial charge < -0.3 is 19.9 Å². The van der Waals surface area contributed by atoms with Crippen LogP contribution < -0.4 is 10.0 Å². The standard InChI is InChI=1S/C21H29N3.C2H2O4/c1-22-13-15-24(16-14-22)20-9-11-23(12-10-20)17-19-7-4-6-18-5-2-3-8-21(18)19;3-1(4)2(5)6/h2-8,20H,9-17H2,1H3;(H,3,4)(H,5,6). The van der Waals surface area contributed by atoms with Crippen LogP contribution in [0.5, 0.6) is 0 Å². The predicted octanol–water partition coefficient (Wildman–Crippen LogP) is -0.545. The lowest BCUT2D eigenvalue weighted by atomic mass is 10.00. The highest BCUT2D eigenvalue weighted by molar-refractivity contribution is 6.26. The van der Waals surface area contributed by atoms with Gasteiger partial charge >= 0.3 is 5.97 Å². The first kappa shape index (κ1) is 22.2. The van der Waals surface area contributed by atoms with Crippen molar-refractivity contribution in [3.8, 4) is 0 Å². The summed E-state index contributed by atoms with van der Waals surface area (Å²) in [5.74, 6) is -4.01. The number of likely N-dealkylation sites (tertiary alicyclic amines) is 1. The normalized spacial score (nSPS) is 19.2. The number of nitrogens with one attached hydrogen (secondary N) is 1. The third kappa shape index (κ3) is 6.01. The molecule has 2 saturated heterocycles. The highest BCUT2D eigenvalue weighted by Gasteiger charge is 2.27. The molecule has 0 aliphatic carbocycles. The molecule has 0 bridgehead atoms. The van der Waals surface area contributed by atoms with Crippen LogP contribution in [0.15, 0.2) is 42.5 Å². The number of quaternary nitrogens is 1. The van der Waals surface area contributed by atoms with E-state index < -0.39 is 11.9 Å². The first-order chi connectivity index (χ1) is 14.4. The van der Waals surface area contributed by atoms with Gasteiger partial charge in [-0.15, -0.1) is 0 Å². The summed E-state index contributed by atoms with van der Waals surface area (Å²) in [6.45, 7) is 8.80. The van der Waals surface area contributed by atoms with Gasteiger partial charge in [0, 0.05) is 25.7 Å². The Morgan fingerprint density at radius 2 is 1.63 bits per heavy atom. The average molecular weight is 414 g/mol. The van der Waals surface area contributed by atoms with Crippen molar-refractivity contribution < 1.29 is 24.7 Å². The van der Waals surface area contributed by atoms with Gasteiger partial charge in [0.1, 0.15) is 0 Å². The van der Waals surface area contributed by atoms with Crippen LogP contribution in [-0.4, -0.2) is 79.2 Å². The molecular formula is C23H31N3O4. The van der Waals surface area contributed by atoms with E-state index in [9.17, 15) is 0 Å². The van der Waals surface area contributed by atoms with Gasteiger partial charge in [-0.05, 0) is 42.3 Å². The quantitative estimate of drug-likeness (QED) is 0.657. The summed E-state index contributed by atoms with van der Waals surface area (Å²) >= 11 is 0. The molecule has 0 unspecified atom stereocenters. The Labute approximate surface area is 177 Å². The highest BCUT2D eigenvalue weighted by atomic mass is 16.4. The monoisotopic (exact) mass is 413 g/mol. The molecule has 0 amide bonds. The molecule has 2 N–H and O–H groups in total. The van der Waals surface area contributed by atoms with E-state index in [1.54, 1.807) is 4.90 Å². The van der Waals surface area contributed by atoms with Crippen molar-refractivity contribution >= 4 is 22.7 Å². The van der Waals surface area contributed by atoms with Crippen LogP contribution in [0.1, 0.15) is 18.4 Å². The first-order valence-electron chi connectivity index (χ1n) is 10.6. The number of fused-ring (bicyclic) bond motifs is 1. The van der Waals surface area contributed by atoms with Crippen LogP contribution in [0.25, 0.3) is 10.8 Å². The van der Waals surface area contributed by atoms with E-state index in [2.05, 4.69) is 59.3 Å². The van der Waals surface area contributed by atoms with Crippen LogP contribution in [0.3, 0.4) is 0 Å². The van der Waals surface area contributed by atoms with E-state index in [1.165, 1.54) is 68.4 Å². The fourth-order valence-electron chi connectivity index (χ4n) is 4.38. The number of piperidine rings is 1. The number of piperazine rings is 1. The number of nitrogens with zero attached hydrogens (tertiary/aromatic N) is 2. The lowest BCUT2D eigenvalue weighted by Crippen LogP contribution is -3.12. The average Bonchev–Trinajstić information content (AvgIpc) is 2.76. The summed E-state index contributed by atoms with van der Waals surface area (Å²) in [5, 5.41) is 19.1. The van der Waals surface area contributed by atoms with Gasteiger partial charge in [-0.3, -0.25) is 9.80 Å². The second kappa shape index (κ2) is 10.5. The number of benzene rings is 2. The number of likely N-dealkylation sites (N-methyl/N-ethyl adjacent to an activating group) is 1. The maximum Gasteiger partial charge on any atom is 0.351 e. The van der Waals surface area contributed by atoms with Crippen LogP contribution in [0.4, 0.5) is 0 Å². The van der Waals surface area contributed by atoms with E-state index >= 15 is 0 Å². The minimum absolute atomic E-state index is 0.821.